The summed E-state index contributed by atoms with van der Waals surface area (Å²) in [7, 11) is -0.317. The highest BCUT2D eigenvalue weighted by Gasteiger charge is 2.50. The third kappa shape index (κ3) is 2.11. The number of hydrogen-bond donors (Lipinski definition) is 0. The van der Waals surface area contributed by atoms with Gasteiger partial charge in [0.2, 0.25) is 0 Å². The second kappa shape index (κ2) is 6.04. The third-order valence-corrected chi connectivity index (χ3v) is 10.9. The van der Waals surface area contributed by atoms with Crippen LogP contribution in [0.3, 0.4) is 0 Å². The predicted molar refractivity (Wildman–Crippen MR) is 120 cm³/mol. The van der Waals surface area contributed by atoms with Crippen LogP contribution in [0.25, 0.3) is 0 Å². The zero-order chi connectivity index (χ0) is 18.9. The molecule has 3 aliphatic rings. The van der Waals surface area contributed by atoms with E-state index in [0.717, 1.165) is 0 Å². The van der Waals surface area contributed by atoms with Gasteiger partial charge in [-0.1, -0.05) is 88.5 Å². The van der Waals surface area contributed by atoms with Gasteiger partial charge < -0.3 is 0 Å². The van der Waals surface area contributed by atoms with Gasteiger partial charge in [-0.05, 0) is 64.4 Å². The van der Waals surface area contributed by atoms with Crippen LogP contribution in [0.4, 0.5) is 0 Å². The zero-order valence-electron chi connectivity index (χ0n) is 16.8. The number of aryl methyl sites for hydroxylation is 2. The minimum Gasteiger partial charge on any atom is -0.0622 e. The molecular weight excluding hydrogens is 355 g/mol. The smallest absolute Gasteiger partial charge is 0.0220 e. The van der Waals surface area contributed by atoms with Crippen LogP contribution in [0.2, 0.25) is 0 Å². The summed E-state index contributed by atoms with van der Waals surface area (Å²) >= 11 is 0. The molecule has 0 nitrogen and oxygen atoms in total. The van der Waals surface area contributed by atoms with Gasteiger partial charge in [0.15, 0.2) is 0 Å². The van der Waals surface area contributed by atoms with E-state index >= 15 is 0 Å². The van der Waals surface area contributed by atoms with Gasteiger partial charge in [-0.3, -0.25) is 0 Å². The van der Waals surface area contributed by atoms with Crippen molar-refractivity contribution in [1.29, 1.82) is 0 Å². The lowest BCUT2D eigenvalue weighted by atomic mass is 9.72. The van der Waals surface area contributed by atoms with E-state index in [4.69, 9.17) is 0 Å². The van der Waals surface area contributed by atoms with Crippen LogP contribution in [0, 0.1) is 0 Å². The summed E-state index contributed by atoms with van der Waals surface area (Å²) in [5.74, 6) is 0. The maximum absolute atomic E-state index is 2.51. The van der Waals surface area contributed by atoms with Gasteiger partial charge in [0.05, 0.1) is 0 Å². The van der Waals surface area contributed by atoms with E-state index in [1.807, 2.05) is 0 Å². The fraction of sp³-hybridized carbons (Fsp3) is 0.333. The largest absolute Gasteiger partial charge is 0.0622 e. The van der Waals surface area contributed by atoms with E-state index in [2.05, 4.69) is 80.6 Å². The van der Waals surface area contributed by atoms with E-state index in [1.54, 1.807) is 38.7 Å². The highest BCUT2D eigenvalue weighted by Crippen LogP contribution is 2.67. The van der Waals surface area contributed by atoms with Gasteiger partial charge in [-0.2, -0.15) is 0 Å². The zero-order valence-corrected chi connectivity index (χ0v) is 17.7. The second-order valence-corrected chi connectivity index (χ2v) is 11.8. The highest BCUT2D eigenvalue weighted by molar-refractivity contribution is 7.66. The van der Waals surface area contributed by atoms with Gasteiger partial charge in [0, 0.05) is 16.7 Å². The molecule has 0 saturated carbocycles. The lowest BCUT2D eigenvalue weighted by Gasteiger charge is -2.41. The molecule has 0 fully saturated rings. The molecule has 0 amide bonds. The fourth-order valence-corrected chi connectivity index (χ4v) is 9.76. The van der Waals surface area contributed by atoms with Crippen molar-refractivity contribution in [3.63, 3.8) is 0 Å². The molecule has 0 N–H and O–H groups in total. The summed E-state index contributed by atoms with van der Waals surface area (Å²) in [6.45, 7) is 5.03. The summed E-state index contributed by atoms with van der Waals surface area (Å²) in [6.07, 6.45) is 5.13. The number of hydrogen-bond acceptors (Lipinski definition) is 0. The molecule has 3 aromatic rings. The molecule has 1 heteroatoms. The van der Waals surface area contributed by atoms with Crippen molar-refractivity contribution in [3.8, 4) is 0 Å². The van der Waals surface area contributed by atoms with Gasteiger partial charge in [0.25, 0.3) is 0 Å². The molecule has 0 bridgehead atoms. The van der Waals surface area contributed by atoms with Crippen LogP contribution in [-0.2, 0) is 18.3 Å². The van der Waals surface area contributed by atoms with Crippen LogP contribution in [0.5, 0.6) is 0 Å². The first kappa shape index (κ1) is 17.0. The van der Waals surface area contributed by atoms with Crippen molar-refractivity contribution < 1.29 is 0 Å². The summed E-state index contributed by atoms with van der Waals surface area (Å²) in [5.41, 5.74) is 11.5. The van der Waals surface area contributed by atoms with Crippen LogP contribution >= 0.6 is 7.92 Å². The Morgan fingerprint density at radius 2 is 1.21 bits per heavy atom. The van der Waals surface area contributed by atoms with Gasteiger partial charge in [-0.15, -0.1) is 0 Å². The monoisotopic (exact) mass is 382 g/mol. The predicted octanol–water partition coefficient (Wildman–Crippen LogP) is 6.81. The second-order valence-electron chi connectivity index (χ2n) is 8.94. The van der Waals surface area contributed by atoms with Crippen LogP contribution < -0.4 is 5.30 Å². The molecule has 0 radical (unpaired) electrons. The normalized spacial score (nSPS) is 24.4. The Hall–Kier alpha value is -1.91. The molecule has 1 heterocycles. The van der Waals surface area contributed by atoms with E-state index < -0.39 is 0 Å². The van der Waals surface area contributed by atoms with Crippen molar-refractivity contribution in [2.75, 3.05) is 0 Å². The van der Waals surface area contributed by atoms with Crippen LogP contribution in [0.1, 0.15) is 71.4 Å². The van der Waals surface area contributed by atoms with Crippen molar-refractivity contribution >= 4 is 13.2 Å². The molecule has 28 heavy (non-hydrogen) atoms. The van der Waals surface area contributed by atoms with Crippen molar-refractivity contribution in [2.24, 2.45) is 0 Å². The first-order valence-corrected chi connectivity index (χ1v) is 12.3. The Labute approximate surface area is 169 Å². The Balaban J connectivity index is 1.70. The molecule has 0 aromatic heterocycles. The Morgan fingerprint density at radius 3 is 1.75 bits per heavy atom. The summed E-state index contributed by atoms with van der Waals surface area (Å²) in [4.78, 5) is 0. The average molecular weight is 382 g/mol. The number of benzene rings is 3. The standard InChI is InChI=1S/C27H27P/c1-18-23-12-6-8-20-14-16-27(25(20)23)17-15-21-9-7-13-24(26(21)27)19(2)28(18)22-10-4-3-5-11-22/h3-13,18-19H,14-17H2,1-2H3/t18-,19-,27?/m1/s1. The molecule has 3 aromatic carbocycles. The van der Waals surface area contributed by atoms with Gasteiger partial charge in [0.1, 0.15) is 0 Å². The highest BCUT2D eigenvalue weighted by atomic mass is 31.1. The average Bonchev–Trinajstić information content (AvgIpc) is 3.30. The van der Waals surface area contributed by atoms with Crippen molar-refractivity contribution in [1.82, 2.24) is 0 Å². The molecule has 2 atom stereocenters. The SMILES string of the molecule is C[C@@H]1c2cccc3c2C2(CC3)CCc3cccc(c32)[C@@H](C)P1c1ccccc1. The molecule has 0 unspecified atom stereocenters. The Kier molecular flexibility index (Phi) is 3.67. The molecule has 1 aliphatic heterocycles. The summed E-state index contributed by atoms with van der Waals surface area (Å²) in [6, 6.07) is 25.8. The Morgan fingerprint density at radius 1 is 0.679 bits per heavy atom. The molecule has 0 saturated heterocycles. The maximum atomic E-state index is 2.51. The lowest BCUT2D eigenvalue weighted by molar-refractivity contribution is 0.498. The Bertz CT molecular complexity index is 997. The lowest BCUT2D eigenvalue weighted by Crippen LogP contribution is -2.28. The van der Waals surface area contributed by atoms with Crippen molar-refractivity contribution in [3.05, 3.63) is 100 Å². The van der Waals surface area contributed by atoms with Crippen LogP contribution in [-0.4, -0.2) is 0 Å². The van der Waals surface area contributed by atoms with Crippen LogP contribution in [0.15, 0.2) is 66.7 Å². The van der Waals surface area contributed by atoms with Gasteiger partial charge in [-0.25, -0.2) is 0 Å². The minimum absolute atomic E-state index is 0.290. The topological polar surface area (TPSA) is 0 Å². The minimum atomic E-state index is -0.317. The summed E-state index contributed by atoms with van der Waals surface area (Å²) in [5, 5.41) is 1.55. The van der Waals surface area contributed by atoms with Gasteiger partial charge >= 0.3 is 0 Å². The maximum Gasteiger partial charge on any atom is 0.0220 e. The first-order valence-electron chi connectivity index (χ1n) is 10.8. The van der Waals surface area contributed by atoms with E-state index in [1.165, 1.54) is 25.7 Å². The third-order valence-electron chi connectivity index (χ3n) is 7.75. The first-order chi connectivity index (χ1) is 13.7. The van der Waals surface area contributed by atoms with E-state index in [0.29, 0.717) is 16.7 Å². The van der Waals surface area contributed by atoms with E-state index in [9.17, 15) is 0 Å². The molecule has 140 valence electrons. The van der Waals surface area contributed by atoms with Crippen molar-refractivity contribution in [2.45, 2.75) is 56.3 Å². The summed E-state index contributed by atoms with van der Waals surface area (Å²) < 4.78 is 0. The molecular formula is C27H27P. The molecule has 6 rings (SSSR count). The molecule has 1 spiro atoms. The molecule has 2 aliphatic carbocycles. The quantitative estimate of drug-likeness (QED) is 0.406. The van der Waals surface area contributed by atoms with E-state index in [-0.39, 0.29) is 7.92 Å². The fourth-order valence-electron chi connectivity index (χ4n) is 6.65. The number of rotatable bonds is 1.